The fourth-order valence-electron chi connectivity index (χ4n) is 4.38. The zero-order valence-electron chi connectivity index (χ0n) is 17.1. The fraction of sp³-hybridized carbons (Fsp3) is 0.435. The van der Waals surface area contributed by atoms with Crippen molar-refractivity contribution in [1.82, 2.24) is 10.2 Å². The molecule has 2 aromatic carbocycles. The average Bonchev–Trinajstić information content (AvgIpc) is 2.80. The molecule has 1 amide bonds. The summed E-state index contributed by atoms with van der Waals surface area (Å²) in [6.07, 6.45) is 0.888. The van der Waals surface area contributed by atoms with Crippen molar-refractivity contribution in [2.24, 2.45) is 0 Å². The first-order valence-electron chi connectivity index (χ1n) is 10.4. The highest BCUT2D eigenvalue weighted by Gasteiger charge is 2.32. The van der Waals surface area contributed by atoms with E-state index in [1.807, 2.05) is 54.4 Å². The maximum atomic E-state index is 13.3. The Hall–Kier alpha value is -1.79. The Kier molecular flexibility index (Phi) is 6.84. The van der Waals surface area contributed by atoms with Gasteiger partial charge >= 0.3 is 0 Å². The summed E-state index contributed by atoms with van der Waals surface area (Å²) in [6, 6.07) is 13.8. The van der Waals surface area contributed by atoms with Crippen molar-refractivity contribution in [1.29, 1.82) is 0 Å². The number of nitrogens with one attached hydrogen (secondary N) is 1. The number of halogens is 2. The number of hydrogen-bond donors (Lipinski definition) is 1. The van der Waals surface area contributed by atoms with Gasteiger partial charge in [0.05, 0.1) is 23.3 Å². The van der Waals surface area contributed by atoms with E-state index in [1.165, 1.54) is 0 Å². The van der Waals surface area contributed by atoms with Crippen molar-refractivity contribution in [2.45, 2.75) is 18.4 Å². The summed E-state index contributed by atoms with van der Waals surface area (Å²) in [4.78, 5) is 17.4. The lowest BCUT2D eigenvalue weighted by Crippen LogP contribution is -2.49. The van der Waals surface area contributed by atoms with Gasteiger partial charge in [-0.3, -0.25) is 4.79 Å². The quantitative estimate of drug-likeness (QED) is 0.767. The number of carbonyl (C=O) groups excluding carboxylic acids is 1. The molecular formula is C23H27Cl2N3O2. The van der Waals surface area contributed by atoms with Crippen LogP contribution in [0.25, 0.3) is 0 Å². The van der Waals surface area contributed by atoms with E-state index in [9.17, 15) is 4.79 Å². The van der Waals surface area contributed by atoms with Crippen LogP contribution in [0.5, 0.6) is 0 Å². The second kappa shape index (κ2) is 9.56. The number of likely N-dealkylation sites (N-methyl/N-ethyl adjacent to an activating group) is 1. The number of rotatable bonds is 4. The molecule has 30 heavy (non-hydrogen) atoms. The van der Waals surface area contributed by atoms with E-state index < -0.39 is 0 Å². The smallest absolute Gasteiger partial charge is 0.253 e. The van der Waals surface area contributed by atoms with Gasteiger partial charge in [0.25, 0.3) is 5.91 Å². The van der Waals surface area contributed by atoms with E-state index in [2.05, 4.69) is 10.2 Å². The van der Waals surface area contributed by atoms with Crippen molar-refractivity contribution in [3.05, 3.63) is 63.6 Å². The molecule has 0 aromatic heterocycles. The number of amides is 1. The van der Waals surface area contributed by atoms with E-state index in [-0.39, 0.29) is 17.9 Å². The van der Waals surface area contributed by atoms with Gasteiger partial charge in [0.2, 0.25) is 0 Å². The van der Waals surface area contributed by atoms with Gasteiger partial charge in [-0.1, -0.05) is 29.3 Å². The highest BCUT2D eigenvalue weighted by Crippen LogP contribution is 2.32. The molecule has 0 bridgehead atoms. The molecule has 2 atom stereocenters. The monoisotopic (exact) mass is 447 g/mol. The first-order valence-corrected chi connectivity index (χ1v) is 11.2. The third kappa shape index (κ3) is 4.59. The van der Waals surface area contributed by atoms with Crippen LogP contribution in [0, 0.1) is 0 Å². The average molecular weight is 448 g/mol. The van der Waals surface area contributed by atoms with Crippen LogP contribution in [0.15, 0.2) is 42.5 Å². The number of morpholine rings is 1. The van der Waals surface area contributed by atoms with Crippen molar-refractivity contribution in [3.63, 3.8) is 0 Å². The Labute approximate surface area is 187 Å². The molecule has 0 spiro atoms. The van der Waals surface area contributed by atoms with Crippen molar-refractivity contribution >= 4 is 34.8 Å². The number of benzene rings is 2. The van der Waals surface area contributed by atoms with Crippen molar-refractivity contribution in [3.8, 4) is 0 Å². The summed E-state index contributed by atoms with van der Waals surface area (Å²) in [5, 5.41) is 4.54. The molecule has 2 aliphatic rings. The minimum atomic E-state index is 0.0421. The third-order valence-corrected chi connectivity index (χ3v) is 6.86. The van der Waals surface area contributed by atoms with Gasteiger partial charge in [0.15, 0.2) is 0 Å². The Balaban J connectivity index is 1.50. The second-order valence-corrected chi connectivity index (χ2v) is 8.72. The van der Waals surface area contributed by atoms with Crippen LogP contribution in [-0.2, 0) is 4.74 Å². The molecule has 0 radical (unpaired) electrons. The Morgan fingerprint density at radius 3 is 2.53 bits per heavy atom. The zero-order chi connectivity index (χ0) is 21.1. The van der Waals surface area contributed by atoms with Gasteiger partial charge in [-0.2, -0.15) is 0 Å². The lowest BCUT2D eigenvalue weighted by atomic mass is 9.85. The summed E-state index contributed by atoms with van der Waals surface area (Å²) in [7, 11) is 1.90. The van der Waals surface area contributed by atoms with Gasteiger partial charge in [-0.15, -0.1) is 0 Å². The van der Waals surface area contributed by atoms with Gasteiger partial charge in [0.1, 0.15) is 0 Å². The summed E-state index contributed by atoms with van der Waals surface area (Å²) < 4.78 is 5.42. The van der Waals surface area contributed by atoms with Gasteiger partial charge < -0.3 is 19.9 Å². The van der Waals surface area contributed by atoms with Crippen LogP contribution in [0.4, 0.5) is 5.69 Å². The summed E-state index contributed by atoms with van der Waals surface area (Å²) in [5.74, 6) is 0.204. The first kappa shape index (κ1) is 21.4. The number of hydrogen-bond acceptors (Lipinski definition) is 4. The van der Waals surface area contributed by atoms with Crippen LogP contribution >= 0.6 is 23.2 Å². The van der Waals surface area contributed by atoms with Crippen LogP contribution in [0.2, 0.25) is 10.0 Å². The highest BCUT2D eigenvalue weighted by molar-refractivity contribution is 6.42. The topological polar surface area (TPSA) is 44.8 Å². The van der Waals surface area contributed by atoms with Crippen LogP contribution in [-0.4, -0.2) is 63.3 Å². The number of piperidine rings is 1. The second-order valence-electron chi connectivity index (χ2n) is 7.90. The Bertz CT molecular complexity index is 885. The Morgan fingerprint density at radius 2 is 1.83 bits per heavy atom. The van der Waals surface area contributed by atoms with E-state index in [1.54, 1.807) is 0 Å². The van der Waals surface area contributed by atoms with Crippen LogP contribution < -0.4 is 10.2 Å². The number of carbonyl (C=O) groups is 1. The molecule has 160 valence electrons. The van der Waals surface area contributed by atoms with Crippen LogP contribution in [0.3, 0.4) is 0 Å². The standard InChI is InChI=1S/C23H27Cl2N3O2/c1-27(22-8-9-26-15-19(22)17-4-7-20(24)21(25)14-17)23(29)16-2-5-18(6-3-16)28-10-12-30-13-11-28/h2-7,14,19,22,26H,8-13,15H2,1H3/t19-,22+/m0/s1. The predicted molar refractivity (Wildman–Crippen MR) is 122 cm³/mol. The molecule has 1 N–H and O–H groups in total. The lowest BCUT2D eigenvalue weighted by molar-refractivity contribution is 0.0679. The van der Waals surface area contributed by atoms with Crippen molar-refractivity contribution < 1.29 is 9.53 Å². The third-order valence-electron chi connectivity index (χ3n) is 6.13. The van der Waals surface area contributed by atoms with E-state index in [0.29, 0.717) is 15.6 Å². The Morgan fingerprint density at radius 1 is 1.10 bits per heavy atom. The van der Waals surface area contributed by atoms with Crippen LogP contribution in [0.1, 0.15) is 28.3 Å². The van der Waals surface area contributed by atoms with E-state index in [0.717, 1.165) is 57.1 Å². The molecule has 5 nitrogen and oxygen atoms in total. The molecule has 2 aliphatic heterocycles. The lowest BCUT2D eigenvalue weighted by Gasteiger charge is -2.39. The highest BCUT2D eigenvalue weighted by atomic mass is 35.5. The summed E-state index contributed by atoms with van der Waals surface area (Å²) in [5.41, 5.74) is 2.94. The summed E-state index contributed by atoms with van der Waals surface area (Å²) in [6.45, 7) is 4.94. The predicted octanol–water partition coefficient (Wildman–Crippen LogP) is 4.05. The normalized spacial score (nSPS) is 22.0. The largest absolute Gasteiger partial charge is 0.378 e. The first-order chi connectivity index (χ1) is 14.5. The minimum absolute atomic E-state index is 0.0421. The number of ether oxygens (including phenoxy) is 1. The molecule has 2 heterocycles. The molecule has 2 aromatic rings. The van der Waals surface area contributed by atoms with E-state index in [4.69, 9.17) is 27.9 Å². The van der Waals surface area contributed by atoms with Gasteiger partial charge in [-0.05, 0) is 54.9 Å². The molecule has 0 aliphatic carbocycles. The van der Waals surface area contributed by atoms with E-state index >= 15 is 0 Å². The van der Waals surface area contributed by atoms with Crippen molar-refractivity contribution in [2.75, 3.05) is 51.3 Å². The number of anilines is 1. The molecular weight excluding hydrogens is 421 g/mol. The molecule has 4 rings (SSSR count). The molecule has 7 heteroatoms. The number of nitrogens with zero attached hydrogens (tertiary/aromatic N) is 2. The SMILES string of the molecule is CN(C(=O)c1ccc(N2CCOCC2)cc1)[C@@H]1CCNC[C@H]1c1ccc(Cl)c(Cl)c1. The molecule has 0 saturated carbocycles. The zero-order valence-corrected chi connectivity index (χ0v) is 18.6. The minimum Gasteiger partial charge on any atom is -0.378 e. The maximum Gasteiger partial charge on any atom is 0.253 e. The van der Waals surface area contributed by atoms with Gasteiger partial charge in [-0.25, -0.2) is 0 Å². The molecule has 2 fully saturated rings. The molecule has 2 saturated heterocycles. The van der Waals surface area contributed by atoms with Gasteiger partial charge in [0, 0.05) is 49.9 Å². The summed E-state index contributed by atoms with van der Waals surface area (Å²) >= 11 is 12.3. The molecule has 0 unspecified atom stereocenters. The fourth-order valence-corrected chi connectivity index (χ4v) is 4.69. The maximum absolute atomic E-state index is 13.3.